The number of aromatic nitrogens is 1. The molecular formula is C13H21ClN2O2. The van der Waals surface area contributed by atoms with Gasteiger partial charge in [0, 0.05) is 31.2 Å². The molecule has 1 heterocycles. The molecule has 0 spiro atoms. The van der Waals surface area contributed by atoms with E-state index in [9.17, 15) is 0 Å². The van der Waals surface area contributed by atoms with Gasteiger partial charge in [-0.3, -0.25) is 9.88 Å². The average molecular weight is 273 g/mol. The third-order valence-corrected chi connectivity index (χ3v) is 2.85. The summed E-state index contributed by atoms with van der Waals surface area (Å²) in [6, 6.07) is 1.80. The Morgan fingerprint density at radius 1 is 1.28 bits per heavy atom. The van der Waals surface area contributed by atoms with E-state index in [1.54, 1.807) is 26.5 Å². The molecule has 0 unspecified atom stereocenters. The fourth-order valence-electron chi connectivity index (χ4n) is 1.88. The molecule has 18 heavy (non-hydrogen) atoms. The Bertz CT molecular complexity index is 355. The molecular weight excluding hydrogens is 252 g/mol. The quantitative estimate of drug-likeness (QED) is 0.681. The van der Waals surface area contributed by atoms with E-state index in [1.807, 2.05) is 0 Å². The fourth-order valence-corrected chi connectivity index (χ4v) is 2.12. The van der Waals surface area contributed by atoms with E-state index in [0.29, 0.717) is 17.4 Å². The molecule has 0 aliphatic heterocycles. The number of nitrogens with zero attached hydrogens (tertiary/aromatic N) is 2. The number of ether oxygens (including phenoxy) is 2. The summed E-state index contributed by atoms with van der Waals surface area (Å²) in [6.45, 7) is 4.71. The Labute approximate surface area is 114 Å². The summed E-state index contributed by atoms with van der Waals surface area (Å²) < 4.78 is 10.6. The van der Waals surface area contributed by atoms with Crippen LogP contribution in [0.4, 0.5) is 0 Å². The lowest BCUT2D eigenvalue weighted by Crippen LogP contribution is -2.27. The lowest BCUT2D eigenvalue weighted by molar-refractivity contribution is 0.269. The summed E-state index contributed by atoms with van der Waals surface area (Å²) in [7, 11) is 3.26. The molecule has 0 radical (unpaired) electrons. The molecule has 0 saturated carbocycles. The topological polar surface area (TPSA) is 34.6 Å². The zero-order chi connectivity index (χ0) is 13.4. The van der Waals surface area contributed by atoms with Gasteiger partial charge in [-0.15, -0.1) is 11.6 Å². The standard InChI is InChI=1S/C13H21ClN2O2/c1-4-8-16(9-6-14)10-11-13(18-3)12(17-2)5-7-15-11/h5,7H,4,6,8-10H2,1-3H3. The van der Waals surface area contributed by atoms with Gasteiger partial charge in [-0.2, -0.15) is 0 Å². The van der Waals surface area contributed by atoms with Gasteiger partial charge < -0.3 is 9.47 Å². The summed E-state index contributed by atoms with van der Waals surface area (Å²) in [6.07, 6.45) is 2.82. The average Bonchev–Trinajstić information content (AvgIpc) is 2.39. The highest BCUT2D eigenvalue weighted by atomic mass is 35.5. The first kappa shape index (κ1) is 15.1. The maximum Gasteiger partial charge on any atom is 0.183 e. The molecule has 0 aliphatic carbocycles. The molecule has 5 heteroatoms. The van der Waals surface area contributed by atoms with Crippen molar-refractivity contribution < 1.29 is 9.47 Å². The Morgan fingerprint density at radius 3 is 2.61 bits per heavy atom. The Kier molecular flexibility index (Phi) is 6.83. The highest BCUT2D eigenvalue weighted by Crippen LogP contribution is 2.29. The largest absolute Gasteiger partial charge is 0.493 e. The van der Waals surface area contributed by atoms with Crippen molar-refractivity contribution in [3.8, 4) is 11.5 Å². The van der Waals surface area contributed by atoms with Crippen molar-refractivity contribution >= 4 is 11.6 Å². The molecule has 1 aromatic heterocycles. The summed E-state index contributed by atoms with van der Waals surface area (Å²) in [4.78, 5) is 6.63. The monoisotopic (exact) mass is 272 g/mol. The summed E-state index contributed by atoms with van der Waals surface area (Å²) >= 11 is 5.81. The van der Waals surface area contributed by atoms with E-state index in [4.69, 9.17) is 21.1 Å². The Morgan fingerprint density at radius 2 is 2.06 bits per heavy atom. The smallest absolute Gasteiger partial charge is 0.183 e. The first-order valence-electron chi connectivity index (χ1n) is 6.11. The molecule has 0 atom stereocenters. The maximum absolute atomic E-state index is 5.81. The maximum atomic E-state index is 5.81. The van der Waals surface area contributed by atoms with Crippen molar-refractivity contribution in [3.63, 3.8) is 0 Å². The van der Waals surface area contributed by atoms with Gasteiger partial charge in [-0.1, -0.05) is 6.92 Å². The van der Waals surface area contributed by atoms with Crippen LogP contribution in [0.25, 0.3) is 0 Å². The zero-order valence-electron chi connectivity index (χ0n) is 11.3. The lowest BCUT2D eigenvalue weighted by atomic mass is 10.2. The van der Waals surface area contributed by atoms with Crippen molar-refractivity contribution in [2.75, 3.05) is 33.2 Å². The van der Waals surface area contributed by atoms with Crippen molar-refractivity contribution in [1.29, 1.82) is 0 Å². The van der Waals surface area contributed by atoms with E-state index in [-0.39, 0.29) is 0 Å². The molecule has 0 saturated heterocycles. The minimum Gasteiger partial charge on any atom is -0.493 e. The Balaban J connectivity index is 2.87. The van der Waals surface area contributed by atoms with E-state index >= 15 is 0 Å². The van der Waals surface area contributed by atoms with Gasteiger partial charge in [0.05, 0.1) is 14.2 Å². The predicted molar refractivity (Wildman–Crippen MR) is 73.6 cm³/mol. The number of pyridine rings is 1. The van der Waals surface area contributed by atoms with E-state index in [0.717, 1.165) is 31.7 Å². The van der Waals surface area contributed by atoms with Gasteiger partial charge in [-0.05, 0) is 13.0 Å². The number of alkyl halides is 1. The van der Waals surface area contributed by atoms with Crippen LogP contribution in [0.2, 0.25) is 0 Å². The van der Waals surface area contributed by atoms with Gasteiger partial charge in [0.1, 0.15) is 5.69 Å². The number of hydrogen-bond acceptors (Lipinski definition) is 4. The minimum atomic E-state index is 0.617. The van der Waals surface area contributed by atoms with Gasteiger partial charge in [0.25, 0.3) is 0 Å². The normalized spacial score (nSPS) is 10.7. The number of methoxy groups -OCH3 is 2. The molecule has 0 aliphatic rings. The second-order valence-corrected chi connectivity index (χ2v) is 4.34. The molecule has 1 rings (SSSR count). The second kappa shape index (κ2) is 8.16. The fraction of sp³-hybridized carbons (Fsp3) is 0.615. The SMILES string of the molecule is CCCN(CCCl)Cc1nccc(OC)c1OC. The van der Waals surface area contributed by atoms with Crippen molar-refractivity contribution in [1.82, 2.24) is 9.88 Å². The third kappa shape index (κ3) is 4.03. The van der Waals surface area contributed by atoms with Gasteiger partial charge in [0.15, 0.2) is 11.5 Å². The Hall–Kier alpha value is -1.00. The van der Waals surface area contributed by atoms with Crippen LogP contribution in [0.1, 0.15) is 19.0 Å². The van der Waals surface area contributed by atoms with Gasteiger partial charge in [-0.25, -0.2) is 0 Å². The van der Waals surface area contributed by atoms with Crippen LogP contribution in [0.5, 0.6) is 11.5 Å². The van der Waals surface area contributed by atoms with E-state index in [2.05, 4.69) is 16.8 Å². The zero-order valence-corrected chi connectivity index (χ0v) is 12.0. The van der Waals surface area contributed by atoms with Crippen LogP contribution < -0.4 is 9.47 Å². The summed E-state index contributed by atoms with van der Waals surface area (Å²) in [5, 5.41) is 0. The highest BCUT2D eigenvalue weighted by Gasteiger charge is 2.14. The molecule has 0 aromatic carbocycles. The van der Waals surface area contributed by atoms with E-state index < -0.39 is 0 Å². The molecule has 0 fully saturated rings. The molecule has 4 nitrogen and oxygen atoms in total. The molecule has 0 amide bonds. The number of rotatable bonds is 8. The van der Waals surface area contributed by atoms with Crippen molar-refractivity contribution in [2.45, 2.75) is 19.9 Å². The van der Waals surface area contributed by atoms with Gasteiger partial charge >= 0.3 is 0 Å². The van der Waals surface area contributed by atoms with Crippen LogP contribution in [0.15, 0.2) is 12.3 Å². The minimum absolute atomic E-state index is 0.617. The van der Waals surface area contributed by atoms with Crippen LogP contribution in [0, 0.1) is 0 Å². The summed E-state index contributed by atoms with van der Waals surface area (Å²) in [5.74, 6) is 2.03. The number of hydrogen-bond donors (Lipinski definition) is 0. The van der Waals surface area contributed by atoms with Crippen molar-refractivity contribution in [2.24, 2.45) is 0 Å². The highest BCUT2D eigenvalue weighted by molar-refractivity contribution is 6.18. The first-order valence-corrected chi connectivity index (χ1v) is 6.64. The lowest BCUT2D eigenvalue weighted by Gasteiger charge is -2.21. The number of halogens is 1. The van der Waals surface area contributed by atoms with Crippen LogP contribution in [0.3, 0.4) is 0 Å². The van der Waals surface area contributed by atoms with E-state index in [1.165, 1.54) is 0 Å². The molecule has 0 N–H and O–H groups in total. The van der Waals surface area contributed by atoms with Crippen LogP contribution in [-0.2, 0) is 6.54 Å². The van der Waals surface area contributed by atoms with Crippen molar-refractivity contribution in [3.05, 3.63) is 18.0 Å². The first-order chi connectivity index (χ1) is 8.76. The van der Waals surface area contributed by atoms with Crippen LogP contribution >= 0.6 is 11.6 Å². The molecule has 102 valence electrons. The summed E-state index contributed by atoms with van der Waals surface area (Å²) in [5.41, 5.74) is 0.885. The second-order valence-electron chi connectivity index (χ2n) is 3.96. The predicted octanol–water partition coefficient (Wildman–Crippen LogP) is 2.55. The third-order valence-electron chi connectivity index (χ3n) is 2.68. The van der Waals surface area contributed by atoms with Crippen LogP contribution in [-0.4, -0.2) is 43.1 Å². The van der Waals surface area contributed by atoms with Gasteiger partial charge in [0.2, 0.25) is 0 Å². The molecule has 1 aromatic rings. The molecule has 0 bridgehead atoms.